The number of pyridine rings is 1. The zero-order chi connectivity index (χ0) is 25.3. The van der Waals surface area contributed by atoms with Gasteiger partial charge in [-0.3, -0.25) is 29.1 Å². The average molecular weight is 476 g/mol. The van der Waals surface area contributed by atoms with Gasteiger partial charge in [0.25, 0.3) is 11.8 Å². The number of carbonyl (C=O) groups excluding carboxylic acids is 3. The number of methoxy groups -OCH3 is 1. The predicted molar refractivity (Wildman–Crippen MR) is 130 cm³/mol. The van der Waals surface area contributed by atoms with Gasteiger partial charge in [-0.1, -0.05) is 32.0 Å². The number of aromatic nitrogens is 1. The maximum atomic E-state index is 13.9. The van der Waals surface area contributed by atoms with E-state index in [-0.39, 0.29) is 36.6 Å². The molecule has 1 aromatic heterocycles. The van der Waals surface area contributed by atoms with Crippen LogP contribution in [-0.4, -0.2) is 65.4 Å². The van der Waals surface area contributed by atoms with E-state index in [2.05, 4.69) is 15.1 Å². The second-order valence-electron chi connectivity index (χ2n) is 9.54. The third kappa shape index (κ3) is 4.20. The molecule has 9 heteroatoms. The summed E-state index contributed by atoms with van der Waals surface area (Å²) < 4.78 is 5.18. The number of fused-ring (bicyclic) bond motifs is 2. The van der Waals surface area contributed by atoms with Crippen molar-refractivity contribution < 1.29 is 19.1 Å². The van der Waals surface area contributed by atoms with Crippen molar-refractivity contribution in [2.24, 2.45) is 5.92 Å². The SMILES string of the molecule is [C-]#[N+][C@@H]1C[C@@]2(CN1C(=O)[C@H](CC(C)C)N(C)C(=O)c1cncc(OC)c1)C(=O)Nc1ccccc12. The maximum Gasteiger partial charge on any atom is 0.302 e. The molecule has 0 saturated carbocycles. The van der Waals surface area contributed by atoms with Crippen LogP contribution in [0.25, 0.3) is 4.85 Å². The van der Waals surface area contributed by atoms with Crippen LogP contribution in [0, 0.1) is 12.5 Å². The minimum absolute atomic E-state index is 0.0963. The molecule has 0 unspecified atom stereocenters. The number of rotatable bonds is 6. The van der Waals surface area contributed by atoms with E-state index in [0.717, 1.165) is 5.56 Å². The molecular formula is C26H29N5O4. The summed E-state index contributed by atoms with van der Waals surface area (Å²) in [7, 11) is 3.08. The quantitative estimate of drug-likeness (QED) is 0.648. The molecule has 9 nitrogen and oxygen atoms in total. The van der Waals surface area contributed by atoms with Gasteiger partial charge in [0.05, 0.1) is 25.3 Å². The summed E-state index contributed by atoms with van der Waals surface area (Å²) in [6.45, 7) is 11.8. The molecule has 2 aliphatic rings. The van der Waals surface area contributed by atoms with Crippen LogP contribution in [0.15, 0.2) is 42.7 Å². The number of ether oxygens (including phenoxy) is 1. The summed E-state index contributed by atoms with van der Waals surface area (Å²) >= 11 is 0. The Kier molecular flexibility index (Phi) is 6.48. The smallest absolute Gasteiger partial charge is 0.302 e. The highest BCUT2D eigenvalue weighted by Crippen LogP contribution is 2.47. The number of benzene rings is 1. The maximum absolute atomic E-state index is 13.9. The highest BCUT2D eigenvalue weighted by molar-refractivity contribution is 6.07. The highest BCUT2D eigenvalue weighted by atomic mass is 16.5. The molecule has 4 rings (SSSR count). The van der Waals surface area contributed by atoms with Crippen molar-refractivity contribution in [1.82, 2.24) is 14.8 Å². The number of carbonyl (C=O) groups is 3. The fraction of sp³-hybridized carbons (Fsp3) is 0.423. The second-order valence-corrected chi connectivity index (χ2v) is 9.54. The molecule has 2 aliphatic heterocycles. The number of nitrogens with zero attached hydrogens (tertiary/aromatic N) is 4. The van der Waals surface area contributed by atoms with Gasteiger partial charge < -0.3 is 15.0 Å². The topological polar surface area (TPSA) is 96.2 Å². The molecule has 2 aromatic rings. The number of likely N-dealkylation sites (tertiary alicyclic amines) is 1. The summed E-state index contributed by atoms with van der Waals surface area (Å²) in [5.74, 6) is -0.347. The molecule has 1 N–H and O–H groups in total. The predicted octanol–water partition coefficient (Wildman–Crippen LogP) is 2.94. The van der Waals surface area contributed by atoms with Crippen LogP contribution in [0.4, 0.5) is 5.69 Å². The van der Waals surface area contributed by atoms with E-state index in [1.807, 2.05) is 38.1 Å². The van der Waals surface area contributed by atoms with Crippen molar-refractivity contribution in [1.29, 1.82) is 0 Å². The van der Waals surface area contributed by atoms with Crippen molar-refractivity contribution in [3.8, 4) is 5.75 Å². The summed E-state index contributed by atoms with van der Waals surface area (Å²) in [4.78, 5) is 51.0. The molecule has 0 bridgehead atoms. The third-order valence-corrected chi connectivity index (χ3v) is 6.85. The molecule has 0 aliphatic carbocycles. The van der Waals surface area contributed by atoms with E-state index in [1.54, 1.807) is 13.1 Å². The Labute approximate surface area is 204 Å². The molecule has 35 heavy (non-hydrogen) atoms. The van der Waals surface area contributed by atoms with E-state index in [4.69, 9.17) is 11.3 Å². The van der Waals surface area contributed by atoms with Crippen molar-refractivity contribution in [3.63, 3.8) is 0 Å². The number of nitrogens with one attached hydrogen (secondary N) is 1. The van der Waals surface area contributed by atoms with E-state index < -0.39 is 17.6 Å². The van der Waals surface area contributed by atoms with Gasteiger partial charge >= 0.3 is 6.17 Å². The van der Waals surface area contributed by atoms with Crippen LogP contribution >= 0.6 is 0 Å². The fourth-order valence-electron chi connectivity index (χ4n) is 5.01. The lowest BCUT2D eigenvalue weighted by atomic mass is 9.80. The van der Waals surface area contributed by atoms with Crippen molar-refractivity contribution in [2.45, 2.75) is 44.3 Å². The standard InChI is InChI=1S/C26H29N5O4/c1-16(2)10-21(30(4)23(32)17-11-18(35-5)14-28-13-17)24(33)31-15-26(12-22(31)27-3)19-8-6-7-9-20(19)29-25(26)34/h6-9,11,13-14,16,21-22H,10,12,15H2,1-2,4-5H3,(H,29,34)/t21-,22-,26-/m0/s1. The molecule has 182 valence electrons. The van der Waals surface area contributed by atoms with E-state index in [0.29, 0.717) is 23.4 Å². The highest BCUT2D eigenvalue weighted by Gasteiger charge is 2.59. The first-order valence-electron chi connectivity index (χ1n) is 11.6. The fourth-order valence-corrected chi connectivity index (χ4v) is 5.01. The van der Waals surface area contributed by atoms with Crippen molar-refractivity contribution in [2.75, 3.05) is 26.0 Å². The number of hydrogen-bond donors (Lipinski definition) is 1. The van der Waals surface area contributed by atoms with Crippen molar-refractivity contribution in [3.05, 3.63) is 65.3 Å². The molecule has 3 amide bonds. The van der Waals surface area contributed by atoms with Crippen LogP contribution in [-0.2, 0) is 15.0 Å². The number of para-hydroxylation sites is 1. The van der Waals surface area contributed by atoms with Crippen LogP contribution < -0.4 is 10.1 Å². The first kappa shape index (κ1) is 24.2. The summed E-state index contributed by atoms with van der Waals surface area (Å²) in [6.07, 6.45) is 2.77. The van der Waals surface area contributed by atoms with Gasteiger partial charge in [-0.05, 0) is 30.0 Å². The first-order valence-corrected chi connectivity index (χ1v) is 11.6. The first-order chi connectivity index (χ1) is 16.7. The molecule has 1 fully saturated rings. The van der Waals surface area contributed by atoms with Gasteiger partial charge in [0.1, 0.15) is 17.2 Å². The summed E-state index contributed by atoms with van der Waals surface area (Å²) in [5.41, 5.74) is 0.855. The van der Waals surface area contributed by atoms with Gasteiger partial charge in [-0.25, -0.2) is 6.57 Å². The molecule has 1 spiro atoms. The lowest BCUT2D eigenvalue weighted by molar-refractivity contribution is -0.136. The van der Waals surface area contributed by atoms with Crippen LogP contribution in [0.1, 0.15) is 42.6 Å². The Hall–Kier alpha value is -3.93. The average Bonchev–Trinajstić information content (AvgIpc) is 3.39. The van der Waals surface area contributed by atoms with Gasteiger partial charge in [-0.2, -0.15) is 0 Å². The van der Waals surface area contributed by atoms with Crippen LogP contribution in [0.3, 0.4) is 0 Å². The zero-order valence-corrected chi connectivity index (χ0v) is 20.3. The molecule has 1 aromatic carbocycles. The van der Waals surface area contributed by atoms with E-state index in [9.17, 15) is 14.4 Å². The molecular weight excluding hydrogens is 446 g/mol. The minimum Gasteiger partial charge on any atom is -0.495 e. The molecule has 0 radical (unpaired) electrons. The second kappa shape index (κ2) is 9.37. The Morgan fingerprint density at radius 2 is 2.09 bits per heavy atom. The van der Waals surface area contributed by atoms with Gasteiger partial charge in [-0.15, -0.1) is 0 Å². The lowest BCUT2D eigenvalue weighted by Crippen LogP contribution is -2.51. The third-order valence-electron chi connectivity index (χ3n) is 6.85. The minimum atomic E-state index is -0.969. The van der Waals surface area contributed by atoms with E-state index in [1.165, 1.54) is 29.3 Å². The Morgan fingerprint density at radius 3 is 2.77 bits per heavy atom. The Balaban J connectivity index is 1.65. The Bertz CT molecular complexity index is 1210. The molecule has 1 saturated heterocycles. The number of hydrogen-bond acceptors (Lipinski definition) is 5. The summed E-state index contributed by atoms with van der Waals surface area (Å²) in [5, 5.41) is 2.91. The zero-order valence-electron chi connectivity index (χ0n) is 20.3. The van der Waals surface area contributed by atoms with E-state index >= 15 is 0 Å². The van der Waals surface area contributed by atoms with Crippen molar-refractivity contribution >= 4 is 23.4 Å². The summed E-state index contributed by atoms with van der Waals surface area (Å²) in [6, 6.07) is 8.18. The Morgan fingerprint density at radius 1 is 1.34 bits per heavy atom. The normalized spacial score (nSPS) is 21.4. The van der Waals surface area contributed by atoms with Gasteiger partial charge in [0.15, 0.2) is 0 Å². The number of likely N-dealkylation sites (N-methyl/N-ethyl adjacent to an activating group) is 1. The lowest BCUT2D eigenvalue weighted by Gasteiger charge is -2.32. The number of anilines is 1. The van der Waals surface area contributed by atoms with Gasteiger partial charge in [0.2, 0.25) is 5.91 Å². The van der Waals surface area contributed by atoms with Crippen LogP contribution in [0.2, 0.25) is 0 Å². The number of amides is 3. The van der Waals surface area contributed by atoms with Gasteiger partial charge in [0, 0.05) is 25.5 Å². The largest absolute Gasteiger partial charge is 0.495 e. The molecule has 3 atom stereocenters. The monoisotopic (exact) mass is 475 g/mol. The molecule has 3 heterocycles. The van der Waals surface area contributed by atoms with Crippen LogP contribution in [0.5, 0.6) is 5.75 Å².